The van der Waals surface area contributed by atoms with Crippen molar-refractivity contribution >= 4 is 29.3 Å². The number of hydrogen-bond acceptors (Lipinski definition) is 1. The van der Waals surface area contributed by atoms with E-state index >= 15 is 0 Å². The van der Waals surface area contributed by atoms with Gasteiger partial charge in [-0.1, -0.05) is 23.8 Å². The first-order chi connectivity index (χ1) is 6.77. The molecule has 0 amide bonds. The molecule has 72 valence electrons. The molecule has 0 spiro atoms. The Kier molecular flexibility index (Phi) is 4.52. The third kappa shape index (κ3) is 3.06. The second-order valence-electron chi connectivity index (χ2n) is 2.72. The molecule has 1 rings (SSSR count). The molecule has 0 aliphatic heterocycles. The highest BCUT2D eigenvalue weighted by molar-refractivity contribution is 6.30. The number of allylic oxidation sites excluding steroid dienone is 1. The van der Waals surface area contributed by atoms with Crippen molar-refractivity contribution in [2.45, 2.75) is 6.42 Å². The van der Waals surface area contributed by atoms with Crippen LogP contribution in [0.5, 0.6) is 0 Å². The number of hydrogen-bond donors (Lipinski definition) is 0. The molecule has 0 saturated heterocycles. The van der Waals surface area contributed by atoms with E-state index in [9.17, 15) is 0 Å². The summed E-state index contributed by atoms with van der Waals surface area (Å²) in [5, 5.41) is 9.45. The molecule has 3 heteroatoms. The van der Waals surface area contributed by atoms with E-state index in [-0.39, 0.29) is 0 Å². The van der Waals surface area contributed by atoms with Gasteiger partial charge in [0.25, 0.3) is 0 Å². The summed E-state index contributed by atoms with van der Waals surface area (Å²) in [4.78, 5) is 0. The minimum Gasteiger partial charge on any atom is -0.192 e. The summed E-state index contributed by atoms with van der Waals surface area (Å²) in [5.41, 5.74) is 1.46. The average Bonchev–Trinajstić information content (AvgIpc) is 2.19. The number of halogens is 2. The Bertz CT molecular complexity index is 377. The second kappa shape index (κ2) is 5.70. The summed E-state index contributed by atoms with van der Waals surface area (Å²) in [5.74, 6) is 0.582. The van der Waals surface area contributed by atoms with Gasteiger partial charge in [-0.15, -0.1) is 11.6 Å². The normalized spacial score (nSPS) is 10.4. The quantitative estimate of drug-likeness (QED) is 0.718. The Hall–Kier alpha value is -0.970. The van der Waals surface area contributed by atoms with Crippen LogP contribution < -0.4 is 0 Å². The van der Waals surface area contributed by atoms with E-state index in [1.165, 1.54) is 0 Å². The molecule has 1 aromatic rings. The SMILES string of the molecule is N#Cc1ccc(Cl)cc1C=CCCCl. The zero-order valence-corrected chi connectivity index (χ0v) is 9.02. The maximum Gasteiger partial charge on any atom is 0.0997 e. The predicted molar refractivity (Wildman–Crippen MR) is 60.5 cm³/mol. The molecule has 0 atom stereocenters. The molecule has 0 heterocycles. The number of alkyl halides is 1. The number of nitrogens with zero attached hydrogens (tertiary/aromatic N) is 1. The van der Waals surface area contributed by atoms with Gasteiger partial charge in [-0.05, 0) is 30.2 Å². The lowest BCUT2D eigenvalue weighted by atomic mass is 10.1. The third-order valence-corrected chi connectivity index (χ3v) is 2.16. The van der Waals surface area contributed by atoms with Crippen molar-refractivity contribution in [2.75, 3.05) is 5.88 Å². The van der Waals surface area contributed by atoms with Crippen LogP contribution in [0.25, 0.3) is 6.08 Å². The predicted octanol–water partition coefficient (Wildman–Crippen LogP) is 3.85. The van der Waals surface area contributed by atoms with Gasteiger partial charge in [-0.2, -0.15) is 5.26 Å². The van der Waals surface area contributed by atoms with Gasteiger partial charge in [0, 0.05) is 10.9 Å². The van der Waals surface area contributed by atoms with Crippen molar-refractivity contribution in [3.63, 3.8) is 0 Å². The molecule has 0 aliphatic rings. The van der Waals surface area contributed by atoms with E-state index in [0.717, 1.165) is 12.0 Å². The van der Waals surface area contributed by atoms with Crippen LogP contribution in [0.3, 0.4) is 0 Å². The second-order valence-corrected chi connectivity index (χ2v) is 3.54. The lowest BCUT2D eigenvalue weighted by molar-refractivity contribution is 1.24. The van der Waals surface area contributed by atoms with Crippen LogP contribution in [0.1, 0.15) is 17.5 Å². The van der Waals surface area contributed by atoms with E-state index in [0.29, 0.717) is 16.5 Å². The van der Waals surface area contributed by atoms with Crippen molar-refractivity contribution in [1.82, 2.24) is 0 Å². The standard InChI is InChI=1S/C11H9Cl2N/c12-6-2-1-3-9-7-11(13)5-4-10(9)8-14/h1,3-5,7H,2,6H2. The zero-order valence-electron chi connectivity index (χ0n) is 7.50. The molecule has 0 N–H and O–H groups in total. The Morgan fingerprint density at radius 2 is 2.21 bits per heavy atom. The fourth-order valence-electron chi connectivity index (χ4n) is 1.05. The number of rotatable bonds is 3. The van der Waals surface area contributed by atoms with E-state index in [2.05, 4.69) is 6.07 Å². The van der Waals surface area contributed by atoms with Gasteiger partial charge in [0.1, 0.15) is 0 Å². The molecule has 0 aliphatic carbocycles. The Labute approximate surface area is 93.6 Å². The van der Waals surface area contributed by atoms with Crippen molar-refractivity contribution in [2.24, 2.45) is 0 Å². The molecule has 0 fully saturated rings. The van der Waals surface area contributed by atoms with Gasteiger partial charge in [0.15, 0.2) is 0 Å². The topological polar surface area (TPSA) is 23.8 Å². The molecule has 0 bridgehead atoms. The van der Waals surface area contributed by atoms with Gasteiger partial charge >= 0.3 is 0 Å². The first-order valence-corrected chi connectivity index (χ1v) is 5.11. The Balaban J connectivity index is 2.94. The summed E-state index contributed by atoms with van der Waals surface area (Å²) in [6, 6.07) is 7.29. The fraction of sp³-hybridized carbons (Fsp3) is 0.182. The smallest absolute Gasteiger partial charge is 0.0997 e. The van der Waals surface area contributed by atoms with Crippen molar-refractivity contribution in [1.29, 1.82) is 5.26 Å². The van der Waals surface area contributed by atoms with Crippen molar-refractivity contribution in [3.8, 4) is 6.07 Å². The molecule has 0 radical (unpaired) electrons. The minimum atomic E-state index is 0.582. The minimum absolute atomic E-state index is 0.582. The van der Waals surface area contributed by atoms with Crippen LogP contribution in [-0.4, -0.2) is 5.88 Å². The van der Waals surface area contributed by atoms with Crippen molar-refractivity contribution < 1.29 is 0 Å². The fourth-order valence-corrected chi connectivity index (χ4v) is 1.35. The van der Waals surface area contributed by atoms with E-state index in [4.69, 9.17) is 28.5 Å². The Morgan fingerprint density at radius 1 is 1.43 bits per heavy atom. The third-order valence-electron chi connectivity index (χ3n) is 1.71. The van der Waals surface area contributed by atoms with E-state index < -0.39 is 0 Å². The van der Waals surface area contributed by atoms with Crippen molar-refractivity contribution in [3.05, 3.63) is 40.4 Å². The van der Waals surface area contributed by atoms with Gasteiger partial charge < -0.3 is 0 Å². The highest BCUT2D eigenvalue weighted by Gasteiger charge is 1.98. The molecule has 0 saturated carbocycles. The maximum atomic E-state index is 8.81. The summed E-state index contributed by atoms with van der Waals surface area (Å²) >= 11 is 11.3. The number of benzene rings is 1. The maximum absolute atomic E-state index is 8.81. The molecule has 0 aromatic heterocycles. The summed E-state index contributed by atoms with van der Waals surface area (Å²) < 4.78 is 0. The molecule has 1 aromatic carbocycles. The summed E-state index contributed by atoms with van der Waals surface area (Å²) in [6.07, 6.45) is 4.59. The van der Waals surface area contributed by atoms with Crippen LogP contribution in [0.15, 0.2) is 24.3 Å². The molecule has 14 heavy (non-hydrogen) atoms. The highest BCUT2D eigenvalue weighted by atomic mass is 35.5. The lowest BCUT2D eigenvalue weighted by Crippen LogP contribution is -1.81. The summed E-state index contributed by atoms with van der Waals surface area (Å²) in [6.45, 7) is 0. The molecular formula is C11H9Cl2N. The van der Waals surface area contributed by atoms with E-state index in [1.807, 2.05) is 12.2 Å². The molecule has 0 unspecified atom stereocenters. The van der Waals surface area contributed by atoms with Crippen LogP contribution in [0.4, 0.5) is 0 Å². The van der Waals surface area contributed by atoms with Gasteiger partial charge in [0.05, 0.1) is 11.6 Å². The highest BCUT2D eigenvalue weighted by Crippen LogP contribution is 2.17. The lowest BCUT2D eigenvalue weighted by Gasteiger charge is -1.97. The Morgan fingerprint density at radius 3 is 2.86 bits per heavy atom. The van der Waals surface area contributed by atoms with Crippen LogP contribution in [0.2, 0.25) is 5.02 Å². The van der Waals surface area contributed by atoms with Gasteiger partial charge in [-0.25, -0.2) is 0 Å². The van der Waals surface area contributed by atoms with Crippen LogP contribution in [-0.2, 0) is 0 Å². The van der Waals surface area contributed by atoms with Crippen LogP contribution in [0, 0.1) is 11.3 Å². The van der Waals surface area contributed by atoms with Gasteiger partial charge in [0.2, 0.25) is 0 Å². The zero-order chi connectivity index (χ0) is 10.4. The monoisotopic (exact) mass is 225 g/mol. The van der Waals surface area contributed by atoms with E-state index in [1.54, 1.807) is 18.2 Å². The molecular weight excluding hydrogens is 217 g/mol. The first kappa shape index (κ1) is 11.1. The van der Waals surface area contributed by atoms with Crippen LogP contribution >= 0.6 is 23.2 Å². The first-order valence-electron chi connectivity index (χ1n) is 4.20. The average molecular weight is 226 g/mol. The van der Waals surface area contributed by atoms with Gasteiger partial charge in [-0.3, -0.25) is 0 Å². The summed E-state index contributed by atoms with van der Waals surface area (Å²) in [7, 11) is 0. The number of nitriles is 1. The largest absolute Gasteiger partial charge is 0.192 e. The molecule has 1 nitrogen and oxygen atoms in total.